The summed E-state index contributed by atoms with van der Waals surface area (Å²) in [5, 5.41) is 3.42. The van der Waals surface area contributed by atoms with Crippen molar-refractivity contribution in [1.82, 2.24) is 0 Å². The van der Waals surface area contributed by atoms with Crippen LogP contribution in [0.2, 0.25) is 0 Å². The molecule has 2 unspecified atom stereocenters. The predicted octanol–water partition coefficient (Wildman–Crippen LogP) is 5.82. The van der Waals surface area contributed by atoms with E-state index in [1.54, 1.807) is 6.07 Å². The first-order chi connectivity index (χ1) is 9.90. The molecule has 1 N–H and O–H groups in total. The predicted molar refractivity (Wildman–Crippen MR) is 85.9 cm³/mol. The van der Waals surface area contributed by atoms with Gasteiger partial charge in [0.2, 0.25) is 0 Å². The van der Waals surface area contributed by atoms with Crippen molar-refractivity contribution < 1.29 is 13.2 Å². The van der Waals surface area contributed by atoms with Crippen LogP contribution in [0.4, 0.5) is 18.9 Å². The summed E-state index contributed by atoms with van der Waals surface area (Å²) in [5.74, 6) is 1.33. The minimum atomic E-state index is -4.28. The molecule has 0 spiro atoms. The lowest BCUT2D eigenvalue weighted by Gasteiger charge is -2.15. The number of allylic oxidation sites excluding steroid dienone is 2. The van der Waals surface area contributed by atoms with Crippen LogP contribution in [0.15, 0.2) is 29.5 Å². The molecule has 2 atom stereocenters. The molecule has 0 heterocycles. The van der Waals surface area contributed by atoms with Crippen LogP contribution in [0.1, 0.15) is 38.2 Å². The second-order valence-electron chi connectivity index (χ2n) is 5.85. The van der Waals surface area contributed by atoms with E-state index in [1.165, 1.54) is 30.2 Å². The first kappa shape index (κ1) is 15.2. The molecular formula is C16H17F3IN. The van der Waals surface area contributed by atoms with Gasteiger partial charge < -0.3 is 5.32 Å². The number of alkyl halides is 3. The van der Waals surface area contributed by atoms with Crippen molar-refractivity contribution in [1.29, 1.82) is 0 Å². The number of rotatable bonds is 4. The molecule has 0 bridgehead atoms. The molecule has 2 aliphatic carbocycles. The molecule has 1 aromatic carbocycles. The Labute approximate surface area is 136 Å². The normalized spacial score (nSPS) is 24.0. The fourth-order valence-electron chi connectivity index (χ4n) is 2.77. The van der Waals surface area contributed by atoms with Crippen LogP contribution < -0.4 is 5.32 Å². The molecule has 0 aromatic heterocycles. The lowest BCUT2D eigenvalue weighted by Crippen LogP contribution is -2.08. The molecular weight excluding hydrogens is 390 g/mol. The topological polar surface area (TPSA) is 12.0 Å². The second-order valence-corrected chi connectivity index (χ2v) is 7.01. The van der Waals surface area contributed by atoms with Crippen molar-refractivity contribution in [2.75, 3.05) is 5.32 Å². The zero-order valence-electron chi connectivity index (χ0n) is 11.7. The Morgan fingerprint density at radius 3 is 2.52 bits per heavy atom. The van der Waals surface area contributed by atoms with Crippen LogP contribution in [0.25, 0.3) is 0 Å². The number of hydrogen-bond acceptors (Lipinski definition) is 1. The molecule has 3 rings (SSSR count). The third-order valence-corrected chi connectivity index (χ3v) is 5.16. The van der Waals surface area contributed by atoms with Crippen molar-refractivity contribution >= 4 is 28.3 Å². The highest BCUT2D eigenvalue weighted by Crippen LogP contribution is 2.51. The van der Waals surface area contributed by atoms with Gasteiger partial charge in [0.1, 0.15) is 0 Å². The van der Waals surface area contributed by atoms with E-state index in [9.17, 15) is 13.2 Å². The lowest BCUT2D eigenvalue weighted by atomic mass is 10.1. The van der Waals surface area contributed by atoms with E-state index in [2.05, 4.69) is 12.2 Å². The van der Waals surface area contributed by atoms with Crippen molar-refractivity contribution in [3.05, 3.63) is 38.6 Å². The van der Waals surface area contributed by atoms with E-state index >= 15 is 0 Å². The smallest absolute Gasteiger partial charge is 0.358 e. The summed E-state index contributed by atoms with van der Waals surface area (Å²) in [6.07, 6.45) is 0.367. The maximum absolute atomic E-state index is 12.7. The maximum Gasteiger partial charge on any atom is 0.416 e. The van der Waals surface area contributed by atoms with Gasteiger partial charge in [0.15, 0.2) is 0 Å². The Morgan fingerprint density at radius 1 is 1.33 bits per heavy atom. The monoisotopic (exact) mass is 407 g/mol. The highest BCUT2D eigenvalue weighted by Gasteiger charge is 2.41. The van der Waals surface area contributed by atoms with Gasteiger partial charge in [-0.2, -0.15) is 13.2 Å². The van der Waals surface area contributed by atoms with E-state index in [0.717, 1.165) is 30.5 Å². The van der Waals surface area contributed by atoms with Gasteiger partial charge in [0.05, 0.1) is 11.3 Å². The van der Waals surface area contributed by atoms with Crippen molar-refractivity contribution in [2.45, 2.75) is 38.8 Å². The molecule has 2 fully saturated rings. The molecule has 2 aliphatic rings. The maximum atomic E-state index is 12.7. The molecule has 114 valence electrons. The third kappa shape index (κ3) is 3.38. The van der Waals surface area contributed by atoms with Gasteiger partial charge in [-0.1, -0.05) is 13.3 Å². The fraction of sp³-hybridized carbons (Fsp3) is 0.500. The van der Waals surface area contributed by atoms with Crippen LogP contribution in [0.3, 0.4) is 0 Å². The Kier molecular flexibility index (Phi) is 3.96. The van der Waals surface area contributed by atoms with Crippen LogP contribution in [0.5, 0.6) is 0 Å². The van der Waals surface area contributed by atoms with Gasteiger partial charge >= 0.3 is 6.18 Å². The summed E-state index contributed by atoms with van der Waals surface area (Å²) < 4.78 is 38.7. The average molecular weight is 407 g/mol. The lowest BCUT2D eigenvalue weighted by molar-refractivity contribution is -0.137. The summed E-state index contributed by atoms with van der Waals surface area (Å²) >= 11 is 1.98. The minimum absolute atomic E-state index is 0.587. The molecule has 0 aliphatic heterocycles. The van der Waals surface area contributed by atoms with Crippen LogP contribution in [-0.2, 0) is 6.18 Å². The summed E-state index contributed by atoms with van der Waals surface area (Å²) in [6, 6.07) is 3.92. The molecule has 5 heteroatoms. The van der Waals surface area contributed by atoms with Gasteiger partial charge in [0.25, 0.3) is 0 Å². The van der Waals surface area contributed by atoms with Gasteiger partial charge in [-0.05, 0) is 71.5 Å². The minimum Gasteiger partial charge on any atom is -0.358 e. The summed E-state index contributed by atoms with van der Waals surface area (Å²) in [7, 11) is 0. The first-order valence-electron chi connectivity index (χ1n) is 7.25. The second kappa shape index (κ2) is 5.48. The first-order valence-corrected chi connectivity index (χ1v) is 8.33. The van der Waals surface area contributed by atoms with Crippen LogP contribution in [-0.4, -0.2) is 0 Å². The fourth-order valence-corrected chi connectivity index (χ4v) is 3.42. The van der Waals surface area contributed by atoms with Crippen LogP contribution >= 0.6 is 22.6 Å². The summed E-state index contributed by atoms with van der Waals surface area (Å²) in [4.78, 5) is 0. The van der Waals surface area contributed by atoms with E-state index < -0.39 is 11.7 Å². The Balaban J connectivity index is 1.80. The molecule has 0 amide bonds. The molecule has 2 saturated carbocycles. The molecule has 0 saturated heterocycles. The van der Waals surface area contributed by atoms with Gasteiger partial charge in [-0.15, -0.1) is 0 Å². The molecule has 0 radical (unpaired) electrons. The number of benzene rings is 1. The number of anilines is 1. The third-order valence-electron chi connectivity index (χ3n) is 4.26. The highest BCUT2D eigenvalue weighted by molar-refractivity contribution is 14.1. The number of hydrogen-bond donors (Lipinski definition) is 1. The Bertz CT molecular complexity index is 586. The van der Waals surface area contributed by atoms with Gasteiger partial charge in [0, 0.05) is 15.2 Å². The average Bonchev–Trinajstić information content (AvgIpc) is 3.30. The largest absolute Gasteiger partial charge is 0.416 e. The quantitative estimate of drug-likeness (QED) is 0.621. The van der Waals surface area contributed by atoms with Crippen molar-refractivity contribution in [3.8, 4) is 0 Å². The van der Waals surface area contributed by atoms with E-state index in [-0.39, 0.29) is 0 Å². The Hall–Kier alpha value is -0.720. The zero-order valence-corrected chi connectivity index (χ0v) is 13.9. The van der Waals surface area contributed by atoms with E-state index in [1.807, 2.05) is 22.6 Å². The SMILES string of the molecule is CCC1CC1C(Nc1ccc(C(F)(F)F)cc1I)=C1CC1. The Morgan fingerprint density at radius 2 is 2.05 bits per heavy atom. The summed E-state index contributed by atoms with van der Waals surface area (Å²) in [5.41, 5.74) is 2.93. The molecule has 1 aromatic rings. The summed E-state index contributed by atoms with van der Waals surface area (Å²) in [6.45, 7) is 2.20. The van der Waals surface area contributed by atoms with Crippen LogP contribution in [0, 0.1) is 15.4 Å². The number of halogens is 4. The number of nitrogens with one attached hydrogen (secondary N) is 1. The zero-order chi connectivity index (χ0) is 15.2. The molecule has 21 heavy (non-hydrogen) atoms. The van der Waals surface area contributed by atoms with Gasteiger partial charge in [-0.3, -0.25) is 0 Å². The van der Waals surface area contributed by atoms with E-state index in [0.29, 0.717) is 9.49 Å². The molecule has 1 nitrogen and oxygen atoms in total. The van der Waals surface area contributed by atoms with Crippen molar-refractivity contribution in [3.63, 3.8) is 0 Å². The van der Waals surface area contributed by atoms with E-state index in [4.69, 9.17) is 0 Å². The van der Waals surface area contributed by atoms with Gasteiger partial charge in [-0.25, -0.2) is 0 Å². The standard InChI is InChI=1S/C16H17F3IN/c1-2-9-7-12(9)15(10-3-4-10)21-14-6-5-11(8-13(14)20)16(17,18)19/h5-6,8-9,12,21H,2-4,7H2,1H3. The van der Waals surface area contributed by atoms with Crippen molar-refractivity contribution in [2.24, 2.45) is 11.8 Å². The highest BCUT2D eigenvalue weighted by atomic mass is 127.